The number of esters is 1. The van der Waals surface area contributed by atoms with Crippen LogP contribution < -0.4 is 0 Å². The lowest BCUT2D eigenvalue weighted by Gasteiger charge is -2.29. The smallest absolute Gasteiger partial charge is 0.338 e. The zero-order chi connectivity index (χ0) is 22.0. The van der Waals surface area contributed by atoms with Crippen LogP contribution in [0, 0.1) is 0 Å². The Kier molecular flexibility index (Phi) is 7.07. The van der Waals surface area contributed by atoms with E-state index in [1.807, 2.05) is 0 Å². The van der Waals surface area contributed by atoms with Gasteiger partial charge in [0.2, 0.25) is 10.0 Å². The van der Waals surface area contributed by atoms with Crippen molar-refractivity contribution in [2.45, 2.75) is 37.3 Å². The number of carbonyl (C=O) groups excluding carboxylic acids is 2. The van der Waals surface area contributed by atoms with Crippen LogP contribution in [-0.4, -0.2) is 82.2 Å². The number of sulfone groups is 1. The summed E-state index contributed by atoms with van der Waals surface area (Å²) in [5.74, 6) is -1.39. The normalized spacial score (nSPS) is 19.7. The van der Waals surface area contributed by atoms with Gasteiger partial charge >= 0.3 is 5.97 Å². The van der Waals surface area contributed by atoms with E-state index in [4.69, 9.17) is 4.74 Å². The third kappa shape index (κ3) is 5.34. The van der Waals surface area contributed by atoms with Crippen molar-refractivity contribution in [3.8, 4) is 0 Å². The molecule has 2 rings (SSSR count). The van der Waals surface area contributed by atoms with Gasteiger partial charge in [-0.15, -0.1) is 0 Å². The molecule has 0 aromatic heterocycles. The number of amides is 1. The highest BCUT2D eigenvalue weighted by Gasteiger charge is 2.36. The number of sulfonamides is 1. The van der Waals surface area contributed by atoms with E-state index < -0.39 is 43.9 Å². The molecule has 1 saturated heterocycles. The van der Waals surface area contributed by atoms with Crippen LogP contribution in [0.1, 0.15) is 30.6 Å². The number of rotatable bonds is 7. The van der Waals surface area contributed by atoms with Crippen molar-refractivity contribution in [2.24, 2.45) is 0 Å². The summed E-state index contributed by atoms with van der Waals surface area (Å²) in [4.78, 5) is 26.5. The molecule has 1 aromatic rings. The van der Waals surface area contributed by atoms with Crippen LogP contribution >= 0.6 is 0 Å². The van der Waals surface area contributed by atoms with E-state index in [1.54, 1.807) is 6.92 Å². The van der Waals surface area contributed by atoms with Gasteiger partial charge in [0.25, 0.3) is 5.91 Å². The Balaban J connectivity index is 2.13. The fraction of sp³-hybridized carbons (Fsp3) is 0.556. The summed E-state index contributed by atoms with van der Waals surface area (Å²) in [6.07, 6.45) is -0.785. The van der Waals surface area contributed by atoms with Crippen LogP contribution in [0.15, 0.2) is 29.2 Å². The SMILES string of the molecule is CCN(C(=O)[C@H](C)OC(=O)c1cccc(S(=O)(=O)N(C)C)c1)[C@@H]1CCS(=O)(=O)C1. The minimum Gasteiger partial charge on any atom is -0.449 e. The van der Waals surface area contributed by atoms with Gasteiger partial charge in [-0.1, -0.05) is 6.07 Å². The van der Waals surface area contributed by atoms with E-state index in [9.17, 15) is 26.4 Å². The second-order valence-corrected chi connectivity index (χ2v) is 11.4. The van der Waals surface area contributed by atoms with Crippen LogP contribution in [0.3, 0.4) is 0 Å². The molecular formula is C18H26N2O7S2. The first kappa shape index (κ1) is 23.3. The number of benzene rings is 1. The number of nitrogens with zero attached hydrogens (tertiary/aromatic N) is 2. The molecule has 0 bridgehead atoms. The molecule has 1 fully saturated rings. The average Bonchev–Trinajstić information content (AvgIpc) is 3.01. The standard InChI is InChI=1S/C18H26N2O7S2/c1-5-20(15-9-10-28(23,24)12-15)17(21)13(2)27-18(22)14-7-6-8-16(11-14)29(25,26)19(3)4/h6-8,11,13,15H,5,9-10,12H2,1-4H3/t13-,15+/m0/s1. The first-order valence-electron chi connectivity index (χ1n) is 9.13. The minimum atomic E-state index is -3.72. The largest absolute Gasteiger partial charge is 0.449 e. The van der Waals surface area contributed by atoms with Gasteiger partial charge in [0.05, 0.1) is 22.0 Å². The molecule has 0 unspecified atom stereocenters. The summed E-state index contributed by atoms with van der Waals surface area (Å²) in [6, 6.07) is 4.93. The highest BCUT2D eigenvalue weighted by molar-refractivity contribution is 7.91. The average molecular weight is 447 g/mol. The van der Waals surface area contributed by atoms with Crippen LogP contribution in [-0.2, 0) is 29.4 Å². The van der Waals surface area contributed by atoms with E-state index in [2.05, 4.69) is 0 Å². The lowest BCUT2D eigenvalue weighted by Crippen LogP contribution is -2.46. The Morgan fingerprint density at radius 1 is 1.28 bits per heavy atom. The van der Waals surface area contributed by atoms with Gasteiger partial charge in [-0.3, -0.25) is 4.79 Å². The minimum absolute atomic E-state index is 0.000863. The van der Waals surface area contributed by atoms with Crippen molar-refractivity contribution >= 4 is 31.7 Å². The molecule has 0 radical (unpaired) electrons. The van der Waals surface area contributed by atoms with Gasteiger partial charge in [0.15, 0.2) is 15.9 Å². The van der Waals surface area contributed by atoms with Crippen molar-refractivity contribution in [3.05, 3.63) is 29.8 Å². The lowest BCUT2D eigenvalue weighted by molar-refractivity contribution is -0.141. The molecule has 1 aliphatic rings. The summed E-state index contributed by atoms with van der Waals surface area (Å²) in [6.45, 7) is 3.43. The summed E-state index contributed by atoms with van der Waals surface area (Å²) >= 11 is 0. The first-order valence-corrected chi connectivity index (χ1v) is 12.4. The Hall–Kier alpha value is -1.98. The third-order valence-electron chi connectivity index (χ3n) is 4.75. The number of hydrogen-bond acceptors (Lipinski definition) is 7. The maximum atomic E-state index is 12.7. The highest BCUT2D eigenvalue weighted by Crippen LogP contribution is 2.20. The van der Waals surface area contributed by atoms with Gasteiger partial charge in [0, 0.05) is 26.7 Å². The summed E-state index contributed by atoms with van der Waals surface area (Å²) in [7, 11) is -4.13. The van der Waals surface area contributed by atoms with E-state index in [-0.39, 0.29) is 28.5 Å². The van der Waals surface area contributed by atoms with Crippen molar-refractivity contribution in [2.75, 3.05) is 32.1 Å². The molecule has 29 heavy (non-hydrogen) atoms. The van der Waals surface area contributed by atoms with Gasteiger partial charge in [0.1, 0.15) is 0 Å². The van der Waals surface area contributed by atoms with E-state index in [1.165, 1.54) is 50.2 Å². The molecule has 0 spiro atoms. The van der Waals surface area contributed by atoms with E-state index in [0.29, 0.717) is 6.42 Å². The van der Waals surface area contributed by atoms with Crippen LogP contribution in [0.25, 0.3) is 0 Å². The fourth-order valence-corrected chi connectivity index (χ4v) is 5.80. The molecule has 1 amide bonds. The topological polar surface area (TPSA) is 118 Å². The van der Waals surface area contributed by atoms with Crippen molar-refractivity contribution in [1.82, 2.24) is 9.21 Å². The Labute approximate surface area is 171 Å². The zero-order valence-corrected chi connectivity index (χ0v) is 18.5. The molecule has 0 aliphatic carbocycles. The van der Waals surface area contributed by atoms with Crippen LogP contribution in [0.5, 0.6) is 0 Å². The maximum Gasteiger partial charge on any atom is 0.338 e. The van der Waals surface area contributed by atoms with Crippen LogP contribution in [0.4, 0.5) is 0 Å². The summed E-state index contributed by atoms with van der Waals surface area (Å²) in [5.41, 5.74) is -0.000863. The van der Waals surface area contributed by atoms with E-state index in [0.717, 1.165) is 4.31 Å². The van der Waals surface area contributed by atoms with Crippen LogP contribution in [0.2, 0.25) is 0 Å². The molecule has 1 aliphatic heterocycles. The van der Waals surface area contributed by atoms with Gasteiger partial charge in [-0.05, 0) is 38.5 Å². The Bertz CT molecular complexity index is 987. The predicted molar refractivity (Wildman–Crippen MR) is 107 cm³/mol. The number of ether oxygens (including phenoxy) is 1. The first-order chi connectivity index (χ1) is 13.4. The second-order valence-electron chi connectivity index (χ2n) is 7.04. The maximum absolute atomic E-state index is 12.7. The van der Waals surface area contributed by atoms with E-state index >= 15 is 0 Å². The molecule has 0 saturated carbocycles. The Morgan fingerprint density at radius 3 is 2.45 bits per heavy atom. The van der Waals surface area contributed by atoms with Crippen molar-refractivity contribution in [1.29, 1.82) is 0 Å². The molecule has 1 heterocycles. The quantitative estimate of drug-likeness (QED) is 0.560. The third-order valence-corrected chi connectivity index (χ3v) is 8.31. The zero-order valence-electron chi connectivity index (χ0n) is 16.9. The van der Waals surface area contributed by atoms with Gasteiger partial charge in [-0.25, -0.2) is 25.9 Å². The van der Waals surface area contributed by atoms with Crippen molar-refractivity contribution in [3.63, 3.8) is 0 Å². The number of hydrogen-bond donors (Lipinski definition) is 0. The molecule has 2 atom stereocenters. The molecule has 162 valence electrons. The summed E-state index contributed by atoms with van der Waals surface area (Å²) in [5, 5.41) is 0. The predicted octanol–water partition coefficient (Wildman–Crippen LogP) is 0.518. The molecule has 9 nitrogen and oxygen atoms in total. The molecule has 0 N–H and O–H groups in total. The van der Waals surface area contributed by atoms with Gasteiger partial charge in [-0.2, -0.15) is 0 Å². The Morgan fingerprint density at radius 2 is 1.93 bits per heavy atom. The lowest BCUT2D eigenvalue weighted by atomic mass is 10.2. The number of carbonyl (C=O) groups is 2. The molecule has 11 heteroatoms. The summed E-state index contributed by atoms with van der Waals surface area (Å²) < 4.78 is 54.1. The fourth-order valence-electron chi connectivity index (χ4n) is 3.12. The molecular weight excluding hydrogens is 420 g/mol. The second kappa shape index (κ2) is 8.80. The highest BCUT2D eigenvalue weighted by atomic mass is 32.2. The van der Waals surface area contributed by atoms with Crippen molar-refractivity contribution < 1.29 is 31.2 Å². The van der Waals surface area contributed by atoms with Gasteiger partial charge < -0.3 is 9.64 Å². The monoisotopic (exact) mass is 446 g/mol. The number of likely N-dealkylation sites (N-methyl/N-ethyl adjacent to an activating group) is 1. The molecule has 1 aromatic carbocycles.